The Morgan fingerprint density at radius 1 is 1.20 bits per heavy atom. The predicted octanol–water partition coefficient (Wildman–Crippen LogP) is 3.73. The molecule has 0 saturated carbocycles. The molecule has 1 aliphatic carbocycles. The molecule has 1 heterocycles. The molecule has 20 heavy (non-hydrogen) atoms. The van der Waals surface area contributed by atoms with Crippen LogP contribution in [0, 0.1) is 5.92 Å². The third kappa shape index (κ3) is 2.27. The van der Waals surface area contributed by atoms with Gasteiger partial charge in [-0.3, -0.25) is 0 Å². The number of fused-ring (bicyclic) bond motifs is 1. The molecule has 0 bridgehead atoms. The van der Waals surface area contributed by atoms with Crippen molar-refractivity contribution in [2.24, 2.45) is 5.92 Å². The normalized spacial score (nSPS) is 25.0. The smallest absolute Gasteiger partial charge is 0.336 e. The number of benzene rings is 1. The molecule has 2 unspecified atom stereocenters. The van der Waals surface area contributed by atoms with Gasteiger partial charge in [0.15, 0.2) is 0 Å². The minimum Gasteiger partial charge on any atom is -0.423 e. The van der Waals surface area contributed by atoms with Crippen LogP contribution in [0.25, 0.3) is 11.0 Å². The van der Waals surface area contributed by atoms with Crippen LogP contribution in [0.4, 0.5) is 5.69 Å². The largest absolute Gasteiger partial charge is 0.423 e. The lowest BCUT2D eigenvalue weighted by molar-refractivity contribution is 0.493. The zero-order valence-corrected chi connectivity index (χ0v) is 11.6. The lowest BCUT2D eigenvalue weighted by Gasteiger charge is -2.35. The first kappa shape index (κ1) is 12.7. The summed E-state index contributed by atoms with van der Waals surface area (Å²) in [6.45, 7) is 4.33. The maximum atomic E-state index is 11.3. The van der Waals surface area contributed by atoms with Crippen molar-refractivity contribution in [2.75, 3.05) is 5.32 Å². The fraction of sp³-hybridized carbons (Fsp3) is 0.235. The molecule has 1 aliphatic rings. The summed E-state index contributed by atoms with van der Waals surface area (Å²) in [5.74, 6) is 0.381. The van der Waals surface area contributed by atoms with Gasteiger partial charge in [-0.05, 0) is 25.1 Å². The van der Waals surface area contributed by atoms with Crippen molar-refractivity contribution in [1.82, 2.24) is 0 Å². The van der Waals surface area contributed by atoms with Crippen LogP contribution >= 0.6 is 0 Å². The molecule has 0 aliphatic heterocycles. The van der Waals surface area contributed by atoms with Gasteiger partial charge in [0.1, 0.15) is 5.58 Å². The zero-order chi connectivity index (χ0) is 14.2. The Kier molecular flexibility index (Phi) is 2.97. The lowest BCUT2D eigenvalue weighted by Crippen LogP contribution is -2.39. The maximum Gasteiger partial charge on any atom is 0.336 e. The van der Waals surface area contributed by atoms with Gasteiger partial charge in [0.2, 0.25) is 0 Å². The van der Waals surface area contributed by atoms with Crippen molar-refractivity contribution in [2.45, 2.75) is 19.4 Å². The topological polar surface area (TPSA) is 42.2 Å². The summed E-state index contributed by atoms with van der Waals surface area (Å²) in [5.41, 5.74) is 1.09. The Labute approximate surface area is 117 Å². The summed E-state index contributed by atoms with van der Waals surface area (Å²) >= 11 is 0. The van der Waals surface area contributed by atoms with Crippen molar-refractivity contribution in [3.05, 3.63) is 65.1 Å². The Hall–Kier alpha value is -2.29. The zero-order valence-electron chi connectivity index (χ0n) is 11.6. The predicted molar refractivity (Wildman–Crippen MR) is 82.0 cm³/mol. The van der Waals surface area contributed by atoms with E-state index in [1.54, 1.807) is 6.07 Å². The highest BCUT2D eigenvalue weighted by molar-refractivity contribution is 5.80. The van der Waals surface area contributed by atoms with Gasteiger partial charge < -0.3 is 9.73 Å². The molecule has 0 spiro atoms. The van der Waals surface area contributed by atoms with E-state index >= 15 is 0 Å². The highest BCUT2D eigenvalue weighted by Gasteiger charge is 2.27. The molecule has 1 aromatic carbocycles. The Bertz CT molecular complexity index is 757. The summed E-state index contributed by atoms with van der Waals surface area (Å²) < 4.78 is 5.22. The van der Waals surface area contributed by atoms with Crippen LogP contribution < -0.4 is 10.9 Å². The van der Waals surface area contributed by atoms with Crippen LogP contribution in [-0.4, -0.2) is 5.54 Å². The fourth-order valence-corrected chi connectivity index (χ4v) is 2.44. The Balaban J connectivity index is 1.97. The van der Waals surface area contributed by atoms with E-state index in [0.29, 0.717) is 11.5 Å². The van der Waals surface area contributed by atoms with Crippen LogP contribution in [0.5, 0.6) is 0 Å². The van der Waals surface area contributed by atoms with E-state index in [9.17, 15) is 4.79 Å². The first-order valence-corrected chi connectivity index (χ1v) is 6.75. The first-order valence-electron chi connectivity index (χ1n) is 6.75. The van der Waals surface area contributed by atoms with Crippen LogP contribution in [0.15, 0.2) is 63.8 Å². The van der Waals surface area contributed by atoms with E-state index in [1.165, 1.54) is 6.07 Å². The number of hydrogen-bond acceptors (Lipinski definition) is 3. The molecular weight excluding hydrogens is 250 g/mol. The molecule has 3 rings (SSSR count). The van der Waals surface area contributed by atoms with Crippen LogP contribution in [0.3, 0.4) is 0 Å². The number of rotatable bonds is 2. The Morgan fingerprint density at radius 3 is 2.80 bits per heavy atom. The summed E-state index contributed by atoms with van der Waals surface area (Å²) in [6.07, 6.45) is 8.44. The van der Waals surface area contributed by atoms with Gasteiger partial charge in [-0.2, -0.15) is 0 Å². The average molecular weight is 267 g/mol. The highest BCUT2D eigenvalue weighted by Crippen LogP contribution is 2.29. The standard InChI is InChI=1S/C17H17NO2/c1-12-5-3-4-10-17(12,2)18-14-8-6-13-7-9-16(19)20-15(13)11-14/h3-12,18H,1-2H3. The molecule has 1 N–H and O–H groups in total. The van der Waals surface area contributed by atoms with E-state index < -0.39 is 0 Å². The van der Waals surface area contributed by atoms with E-state index in [-0.39, 0.29) is 11.2 Å². The second-order valence-electron chi connectivity index (χ2n) is 5.45. The maximum absolute atomic E-state index is 11.3. The second kappa shape index (κ2) is 4.67. The fourth-order valence-electron chi connectivity index (χ4n) is 2.44. The van der Waals surface area contributed by atoms with Gasteiger partial charge in [-0.1, -0.05) is 31.2 Å². The molecule has 1 aromatic heterocycles. The molecular formula is C17H17NO2. The van der Waals surface area contributed by atoms with Gasteiger partial charge >= 0.3 is 5.63 Å². The SMILES string of the molecule is CC1C=CC=CC1(C)Nc1ccc2ccc(=O)oc2c1. The van der Waals surface area contributed by atoms with E-state index in [4.69, 9.17) is 4.42 Å². The quantitative estimate of drug-likeness (QED) is 0.843. The number of anilines is 1. The summed E-state index contributed by atoms with van der Waals surface area (Å²) in [5, 5.41) is 4.44. The monoisotopic (exact) mass is 267 g/mol. The summed E-state index contributed by atoms with van der Waals surface area (Å²) in [4.78, 5) is 11.3. The molecule has 2 atom stereocenters. The van der Waals surface area contributed by atoms with Crippen molar-refractivity contribution < 1.29 is 4.42 Å². The van der Waals surface area contributed by atoms with Crippen molar-refractivity contribution in [3.8, 4) is 0 Å². The molecule has 3 nitrogen and oxygen atoms in total. The molecule has 102 valence electrons. The van der Waals surface area contributed by atoms with Crippen molar-refractivity contribution in [3.63, 3.8) is 0 Å². The minimum atomic E-state index is -0.324. The number of hydrogen-bond donors (Lipinski definition) is 1. The van der Waals surface area contributed by atoms with E-state index in [0.717, 1.165) is 11.1 Å². The molecule has 0 fully saturated rings. The molecule has 0 amide bonds. The molecule has 0 radical (unpaired) electrons. The van der Waals surface area contributed by atoms with Gasteiger partial charge in [0, 0.05) is 29.1 Å². The Morgan fingerprint density at radius 2 is 2.00 bits per heavy atom. The van der Waals surface area contributed by atoms with E-state index in [1.807, 2.05) is 24.3 Å². The van der Waals surface area contributed by atoms with Crippen LogP contribution in [-0.2, 0) is 0 Å². The molecule has 0 saturated heterocycles. The van der Waals surface area contributed by atoms with Gasteiger partial charge in [0.05, 0.1) is 5.54 Å². The third-order valence-electron chi connectivity index (χ3n) is 3.94. The minimum absolute atomic E-state index is 0.141. The van der Waals surface area contributed by atoms with Gasteiger partial charge in [-0.25, -0.2) is 4.79 Å². The molecule has 3 heteroatoms. The van der Waals surface area contributed by atoms with E-state index in [2.05, 4.69) is 37.4 Å². The number of nitrogens with one attached hydrogen (secondary N) is 1. The summed E-state index contributed by atoms with van der Waals surface area (Å²) in [7, 11) is 0. The average Bonchev–Trinajstić information content (AvgIpc) is 2.42. The second-order valence-corrected chi connectivity index (χ2v) is 5.45. The van der Waals surface area contributed by atoms with Crippen LogP contribution in [0.2, 0.25) is 0 Å². The van der Waals surface area contributed by atoms with Crippen molar-refractivity contribution in [1.29, 1.82) is 0 Å². The van der Waals surface area contributed by atoms with Crippen molar-refractivity contribution >= 4 is 16.7 Å². The first-order chi connectivity index (χ1) is 9.57. The molecule has 2 aromatic rings. The summed E-state index contributed by atoms with van der Waals surface area (Å²) in [6, 6.07) is 9.05. The third-order valence-corrected chi connectivity index (χ3v) is 3.94. The highest BCUT2D eigenvalue weighted by atomic mass is 16.4. The van der Waals surface area contributed by atoms with Gasteiger partial charge in [0.25, 0.3) is 0 Å². The van der Waals surface area contributed by atoms with Gasteiger partial charge in [-0.15, -0.1) is 0 Å². The number of allylic oxidation sites excluding steroid dienone is 2. The lowest BCUT2D eigenvalue weighted by atomic mass is 9.83. The van der Waals surface area contributed by atoms with Crippen LogP contribution in [0.1, 0.15) is 13.8 Å².